The van der Waals surface area contributed by atoms with Gasteiger partial charge in [-0.25, -0.2) is 4.68 Å². The number of aryl methyl sites for hydroxylation is 3. The van der Waals surface area contributed by atoms with Gasteiger partial charge in [0.05, 0.1) is 18.1 Å². The van der Waals surface area contributed by atoms with Crippen molar-refractivity contribution in [2.45, 2.75) is 40.5 Å². The molecule has 7 heteroatoms. The van der Waals surface area contributed by atoms with Gasteiger partial charge in [-0.15, -0.1) is 0 Å². The van der Waals surface area contributed by atoms with Gasteiger partial charge in [-0.3, -0.25) is 4.79 Å². The summed E-state index contributed by atoms with van der Waals surface area (Å²) in [5, 5.41) is 7.01. The third-order valence-electron chi connectivity index (χ3n) is 5.24. The van der Waals surface area contributed by atoms with Gasteiger partial charge in [0.1, 0.15) is 23.9 Å². The SMILES string of the molecule is CCc1ccc(OCn2cc(NC(=O)c3ccc(COc4c(C)cccc4C)o3)cn2)cc1. The minimum atomic E-state index is -0.357. The lowest BCUT2D eigenvalue weighted by molar-refractivity contribution is 0.0992. The molecule has 0 bridgehead atoms. The number of amides is 1. The number of aromatic nitrogens is 2. The van der Waals surface area contributed by atoms with Crippen LogP contribution in [0.1, 0.15) is 39.9 Å². The summed E-state index contributed by atoms with van der Waals surface area (Å²) >= 11 is 0. The fourth-order valence-corrected chi connectivity index (χ4v) is 3.40. The van der Waals surface area contributed by atoms with Gasteiger partial charge in [-0.1, -0.05) is 37.3 Å². The molecule has 170 valence electrons. The summed E-state index contributed by atoms with van der Waals surface area (Å²) in [4.78, 5) is 12.5. The molecule has 0 radical (unpaired) electrons. The molecule has 7 nitrogen and oxygen atoms in total. The molecule has 4 aromatic rings. The highest BCUT2D eigenvalue weighted by atomic mass is 16.5. The van der Waals surface area contributed by atoms with Crippen LogP contribution >= 0.6 is 0 Å². The Kier molecular flexibility index (Phi) is 6.78. The first-order valence-electron chi connectivity index (χ1n) is 10.8. The molecule has 0 aliphatic rings. The van der Waals surface area contributed by atoms with E-state index >= 15 is 0 Å². The number of benzene rings is 2. The molecule has 0 fully saturated rings. The number of hydrogen-bond acceptors (Lipinski definition) is 5. The van der Waals surface area contributed by atoms with Crippen LogP contribution in [-0.2, 0) is 19.8 Å². The molecule has 2 aromatic carbocycles. The molecule has 1 amide bonds. The molecule has 1 N–H and O–H groups in total. The summed E-state index contributed by atoms with van der Waals surface area (Å²) in [6.45, 7) is 6.59. The van der Waals surface area contributed by atoms with Crippen LogP contribution < -0.4 is 14.8 Å². The smallest absolute Gasteiger partial charge is 0.291 e. The van der Waals surface area contributed by atoms with Gasteiger partial charge in [0.15, 0.2) is 12.5 Å². The molecule has 0 atom stereocenters. The maximum atomic E-state index is 12.5. The second-order valence-electron chi connectivity index (χ2n) is 7.77. The fraction of sp³-hybridized carbons (Fsp3) is 0.231. The molecule has 0 aliphatic heterocycles. The number of ether oxygens (including phenoxy) is 2. The molecular weight excluding hydrogens is 418 g/mol. The standard InChI is InChI=1S/C26H27N3O4/c1-4-20-8-10-22(11-9-20)32-17-29-15-21(14-27-29)28-26(30)24-13-12-23(33-24)16-31-25-18(2)6-5-7-19(25)3/h5-15H,4,16-17H2,1-3H3,(H,28,30). The molecule has 4 rings (SSSR count). The van der Waals surface area contributed by atoms with E-state index in [0.717, 1.165) is 29.0 Å². The maximum Gasteiger partial charge on any atom is 0.291 e. The first-order chi connectivity index (χ1) is 16.0. The molecule has 0 saturated carbocycles. The lowest BCUT2D eigenvalue weighted by Gasteiger charge is -2.10. The molecule has 2 heterocycles. The predicted molar refractivity (Wildman–Crippen MR) is 126 cm³/mol. The van der Waals surface area contributed by atoms with Crippen molar-refractivity contribution >= 4 is 11.6 Å². The van der Waals surface area contributed by atoms with E-state index in [0.29, 0.717) is 11.4 Å². The van der Waals surface area contributed by atoms with Crippen molar-refractivity contribution in [3.05, 3.63) is 95.2 Å². The predicted octanol–water partition coefficient (Wildman–Crippen LogP) is 5.52. The Balaban J connectivity index is 1.30. The zero-order chi connectivity index (χ0) is 23.2. The summed E-state index contributed by atoms with van der Waals surface area (Å²) in [6, 6.07) is 17.3. The molecule has 0 unspecified atom stereocenters. The zero-order valence-corrected chi connectivity index (χ0v) is 19.0. The molecule has 0 aliphatic carbocycles. The van der Waals surface area contributed by atoms with E-state index in [2.05, 4.69) is 17.3 Å². The Bertz CT molecular complexity index is 1200. The number of rotatable bonds is 9. The van der Waals surface area contributed by atoms with Crippen LogP contribution in [-0.4, -0.2) is 15.7 Å². The normalized spacial score (nSPS) is 10.8. The lowest BCUT2D eigenvalue weighted by Crippen LogP contribution is -2.10. The topological polar surface area (TPSA) is 78.5 Å². The van der Waals surface area contributed by atoms with E-state index in [1.165, 1.54) is 5.56 Å². The van der Waals surface area contributed by atoms with E-state index in [-0.39, 0.29) is 25.0 Å². The Morgan fingerprint density at radius 2 is 1.79 bits per heavy atom. The number of anilines is 1. The molecular formula is C26H27N3O4. The van der Waals surface area contributed by atoms with Crippen molar-refractivity contribution in [2.24, 2.45) is 0 Å². The average molecular weight is 446 g/mol. The maximum absolute atomic E-state index is 12.5. The van der Waals surface area contributed by atoms with Crippen molar-refractivity contribution in [1.29, 1.82) is 0 Å². The Labute approximate surface area is 192 Å². The van der Waals surface area contributed by atoms with Crippen molar-refractivity contribution in [3.63, 3.8) is 0 Å². The molecule has 2 aromatic heterocycles. The number of nitrogens with zero attached hydrogens (tertiary/aromatic N) is 2. The van der Waals surface area contributed by atoms with Gasteiger partial charge >= 0.3 is 0 Å². The van der Waals surface area contributed by atoms with Gasteiger partial charge in [0, 0.05) is 0 Å². The van der Waals surface area contributed by atoms with Gasteiger partial charge in [-0.05, 0) is 61.2 Å². The summed E-state index contributed by atoms with van der Waals surface area (Å²) in [6.07, 6.45) is 4.25. The fourth-order valence-electron chi connectivity index (χ4n) is 3.40. The minimum Gasteiger partial charge on any atom is -0.485 e. The number of para-hydroxylation sites is 1. The minimum absolute atomic E-state index is 0.204. The number of hydrogen-bond donors (Lipinski definition) is 1. The van der Waals surface area contributed by atoms with E-state index in [9.17, 15) is 4.79 Å². The summed E-state index contributed by atoms with van der Waals surface area (Å²) in [5.41, 5.74) is 3.91. The third kappa shape index (κ3) is 5.63. The summed E-state index contributed by atoms with van der Waals surface area (Å²) in [5.74, 6) is 2.01. The van der Waals surface area contributed by atoms with Crippen molar-refractivity contribution < 1.29 is 18.7 Å². The number of carbonyl (C=O) groups is 1. The summed E-state index contributed by atoms with van der Waals surface area (Å²) in [7, 11) is 0. The Hall–Kier alpha value is -4.00. The summed E-state index contributed by atoms with van der Waals surface area (Å²) < 4.78 is 18.9. The molecule has 0 spiro atoms. The highest BCUT2D eigenvalue weighted by molar-refractivity contribution is 6.02. The molecule has 0 saturated heterocycles. The quantitative estimate of drug-likeness (QED) is 0.367. The third-order valence-corrected chi connectivity index (χ3v) is 5.24. The van der Waals surface area contributed by atoms with Crippen LogP contribution in [0.4, 0.5) is 5.69 Å². The first kappa shape index (κ1) is 22.2. The van der Waals surface area contributed by atoms with Gasteiger partial charge in [-0.2, -0.15) is 5.10 Å². The van der Waals surface area contributed by atoms with Gasteiger partial charge in [0.25, 0.3) is 5.91 Å². The van der Waals surface area contributed by atoms with Crippen LogP contribution in [0.3, 0.4) is 0 Å². The first-order valence-corrected chi connectivity index (χ1v) is 10.8. The van der Waals surface area contributed by atoms with Gasteiger partial charge < -0.3 is 19.2 Å². The van der Waals surface area contributed by atoms with E-state index in [1.807, 2.05) is 56.3 Å². The highest BCUT2D eigenvalue weighted by Gasteiger charge is 2.14. The average Bonchev–Trinajstić information content (AvgIpc) is 3.47. The molecule has 33 heavy (non-hydrogen) atoms. The number of nitrogens with one attached hydrogen (secondary N) is 1. The lowest BCUT2D eigenvalue weighted by atomic mass is 10.1. The largest absolute Gasteiger partial charge is 0.485 e. The van der Waals surface area contributed by atoms with E-state index in [1.54, 1.807) is 29.2 Å². The Morgan fingerprint density at radius 3 is 2.52 bits per heavy atom. The van der Waals surface area contributed by atoms with Crippen molar-refractivity contribution in [1.82, 2.24) is 9.78 Å². The monoisotopic (exact) mass is 445 g/mol. The van der Waals surface area contributed by atoms with Crippen LogP contribution in [0.2, 0.25) is 0 Å². The Morgan fingerprint density at radius 1 is 1.03 bits per heavy atom. The van der Waals surface area contributed by atoms with Crippen LogP contribution in [0.15, 0.2) is 71.4 Å². The van der Waals surface area contributed by atoms with E-state index < -0.39 is 0 Å². The van der Waals surface area contributed by atoms with Crippen molar-refractivity contribution in [2.75, 3.05) is 5.32 Å². The highest BCUT2D eigenvalue weighted by Crippen LogP contribution is 2.24. The second kappa shape index (κ2) is 10.1. The van der Waals surface area contributed by atoms with Crippen LogP contribution in [0, 0.1) is 13.8 Å². The zero-order valence-electron chi connectivity index (χ0n) is 19.0. The van der Waals surface area contributed by atoms with Crippen molar-refractivity contribution in [3.8, 4) is 11.5 Å². The number of furan rings is 1. The van der Waals surface area contributed by atoms with Crippen LogP contribution in [0.25, 0.3) is 0 Å². The van der Waals surface area contributed by atoms with Gasteiger partial charge in [0.2, 0.25) is 0 Å². The van der Waals surface area contributed by atoms with E-state index in [4.69, 9.17) is 13.9 Å². The van der Waals surface area contributed by atoms with Crippen LogP contribution in [0.5, 0.6) is 11.5 Å². The number of carbonyl (C=O) groups excluding carboxylic acids is 1. The second-order valence-corrected chi connectivity index (χ2v) is 7.77.